The fourth-order valence-electron chi connectivity index (χ4n) is 1.92. The lowest BCUT2D eigenvalue weighted by molar-refractivity contribution is 0.779. The highest BCUT2D eigenvalue weighted by Gasteiger charge is 2.14. The molecule has 4 heteroatoms. The molecule has 0 radical (unpaired) electrons. The summed E-state index contributed by atoms with van der Waals surface area (Å²) in [6.07, 6.45) is 1.78. The van der Waals surface area contributed by atoms with Gasteiger partial charge >= 0.3 is 0 Å². The van der Waals surface area contributed by atoms with Gasteiger partial charge in [-0.05, 0) is 29.2 Å². The number of nitrogens with two attached hydrogens (primary N) is 1. The average Bonchev–Trinajstić information content (AvgIpc) is 2.59. The molecule has 0 amide bonds. The van der Waals surface area contributed by atoms with Gasteiger partial charge < -0.3 is 5.73 Å². The maximum atomic E-state index is 6.06. The van der Waals surface area contributed by atoms with Crippen LogP contribution in [0.5, 0.6) is 0 Å². The van der Waals surface area contributed by atoms with Crippen molar-refractivity contribution >= 4 is 17.4 Å². The Morgan fingerprint density at radius 3 is 2.53 bits per heavy atom. The van der Waals surface area contributed by atoms with E-state index >= 15 is 0 Å². The lowest BCUT2D eigenvalue weighted by Gasteiger charge is -2.12. The third kappa shape index (κ3) is 2.15. The maximum absolute atomic E-state index is 6.06. The van der Waals surface area contributed by atoms with Crippen LogP contribution in [0.15, 0.2) is 24.4 Å². The van der Waals surface area contributed by atoms with Gasteiger partial charge in [-0.3, -0.25) is 4.68 Å². The van der Waals surface area contributed by atoms with Crippen LogP contribution in [-0.4, -0.2) is 9.78 Å². The highest BCUT2D eigenvalue weighted by Crippen LogP contribution is 2.34. The molecule has 0 bridgehead atoms. The zero-order chi connectivity index (χ0) is 12.6. The summed E-state index contributed by atoms with van der Waals surface area (Å²) < 4.78 is 1.67. The Labute approximate surface area is 106 Å². The molecule has 90 valence electrons. The molecule has 0 unspecified atom stereocenters. The number of hydrogen-bond donors (Lipinski definition) is 1. The Bertz CT molecular complexity index is 544. The van der Waals surface area contributed by atoms with Crippen LogP contribution in [-0.2, 0) is 7.05 Å². The zero-order valence-corrected chi connectivity index (χ0v) is 11.0. The molecule has 0 atom stereocenters. The van der Waals surface area contributed by atoms with Crippen molar-refractivity contribution in [1.29, 1.82) is 0 Å². The van der Waals surface area contributed by atoms with Gasteiger partial charge in [-0.2, -0.15) is 5.10 Å². The highest BCUT2D eigenvalue weighted by molar-refractivity contribution is 6.30. The molecule has 0 aliphatic rings. The Hall–Kier alpha value is -1.48. The zero-order valence-electron chi connectivity index (χ0n) is 10.2. The number of aromatic nitrogens is 2. The number of nitrogen functional groups attached to an aromatic ring is 1. The van der Waals surface area contributed by atoms with Gasteiger partial charge in [-0.15, -0.1) is 0 Å². The smallest absolute Gasteiger partial charge is 0.129 e. The van der Waals surface area contributed by atoms with E-state index in [1.54, 1.807) is 10.9 Å². The largest absolute Gasteiger partial charge is 0.383 e. The third-order valence-electron chi connectivity index (χ3n) is 2.91. The summed E-state index contributed by atoms with van der Waals surface area (Å²) in [6.45, 7) is 4.30. The summed E-state index contributed by atoms with van der Waals surface area (Å²) in [7, 11) is 1.83. The molecular formula is C13H16ClN3. The lowest BCUT2D eigenvalue weighted by Crippen LogP contribution is -1.99. The van der Waals surface area contributed by atoms with Gasteiger partial charge in [0.25, 0.3) is 0 Å². The number of benzene rings is 1. The van der Waals surface area contributed by atoms with Crippen molar-refractivity contribution in [2.75, 3.05) is 5.73 Å². The van der Waals surface area contributed by atoms with Crippen LogP contribution in [0.1, 0.15) is 25.3 Å². The van der Waals surface area contributed by atoms with E-state index in [0.717, 1.165) is 11.1 Å². The van der Waals surface area contributed by atoms with E-state index in [0.29, 0.717) is 16.8 Å². The summed E-state index contributed by atoms with van der Waals surface area (Å²) in [5.74, 6) is 1.08. The van der Waals surface area contributed by atoms with Crippen molar-refractivity contribution in [2.24, 2.45) is 7.05 Å². The Morgan fingerprint density at radius 2 is 2.00 bits per heavy atom. The fourth-order valence-corrected chi connectivity index (χ4v) is 2.09. The van der Waals surface area contributed by atoms with Crippen LogP contribution in [0, 0.1) is 0 Å². The minimum Gasteiger partial charge on any atom is -0.383 e. The van der Waals surface area contributed by atoms with Crippen LogP contribution in [0.2, 0.25) is 5.02 Å². The second-order valence-electron chi connectivity index (χ2n) is 4.45. The predicted molar refractivity (Wildman–Crippen MR) is 72.2 cm³/mol. The second-order valence-corrected chi connectivity index (χ2v) is 4.89. The minimum atomic E-state index is 0.418. The molecule has 0 aliphatic heterocycles. The van der Waals surface area contributed by atoms with Gasteiger partial charge in [0, 0.05) is 17.6 Å². The van der Waals surface area contributed by atoms with Gasteiger partial charge in [0.15, 0.2) is 0 Å². The van der Waals surface area contributed by atoms with E-state index in [4.69, 9.17) is 17.3 Å². The van der Waals surface area contributed by atoms with Gasteiger partial charge in [0.05, 0.1) is 6.20 Å². The summed E-state index contributed by atoms with van der Waals surface area (Å²) in [4.78, 5) is 0. The Balaban J connectivity index is 2.65. The summed E-state index contributed by atoms with van der Waals surface area (Å²) in [6, 6.07) is 5.91. The first kappa shape index (κ1) is 12.0. The molecule has 1 heterocycles. The molecule has 2 aromatic rings. The monoisotopic (exact) mass is 249 g/mol. The standard InChI is InChI=1S/C13H16ClN3/c1-8(2)10-5-4-9(14)6-11(10)12-7-16-17(3)13(12)15/h4-8H,15H2,1-3H3. The molecule has 1 aromatic carbocycles. The van der Waals surface area contributed by atoms with Gasteiger partial charge in [0.2, 0.25) is 0 Å². The van der Waals surface area contributed by atoms with Gasteiger partial charge in [-0.25, -0.2) is 0 Å². The maximum Gasteiger partial charge on any atom is 0.129 e. The first-order valence-corrected chi connectivity index (χ1v) is 5.95. The molecule has 2 N–H and O–H groups in total. The van der Waals surface area contributed by atoms with Crippen LogP contribution < -0.4 is 5.73 Å². The van der Waals surface area contributed by atoms with Gasteiger partial charge in [0.1, 0.15) is 5.82 Å². The van der Waals surface area contributed by atoms with E-state index < -0.39 is 0 Å². The number of aryl methyl sites for hydroxylation is 1. The van der Waals surface area contributed by atoms with E-state index in [9.17, 15) is 0 Å². The van der Waals surface area contributed by atoms with Crippen molar-refractivity contribution < 1.29 is 0 Å². The highest BCUT2D eigenvalue weighted by atomic mass is 35.5. The van der Waals surface area contributed by atoms with Crippen LogP contribution in [0.25, 0.3) is 11.1 Å². The molecule has 0 fully saturated rings. The van der Waals surface area contributed by atoms with Crippen LogP contribution in [0.4, 0.5) is 5.82 Å². The number of rotatable bonds is 2. The average molecular weight is 250 g/mol. The molecule has 0 saturated heterocycles. The first-order chi connectivity index (χ1) is 8.00. The third-order valence-corrected chi connectivity index (χ3v) is 3.15. The minimum absolute atomic E-state index is 0.418. The van der Waals surface area contributed by atoms with E-state index in [1.165, 1.54) is 5.56 Å². The van der Waals surface area contributed by atoms with Crippen molar-refractivity contribution in [3.63, 3.8) is 0 Å². The first-order valence-electron chi connectivity index (χ1n) is 5.58. The summed E-state index contributed by atoms with van der Waals surface area (Å²) >= 11 is 6.06. The SMILES string of the molecule is CC(C)c1ccc(Cl)cc1-c1cnn(C)c1N. The van der Waals surface area contributed by atoms with Crippen molar-refractivity contribution in [3.05, 3.63) is 35.0 Å². The molecule has 0 spiro atoms. The van der Waals surface area contributed by atoms with Crippen LogP contribution >= 0.6 is 11.6 Å². The summed E-state index contributed by atoms with van der Waals surface area (Å²) in [5.41, 5.74) is 9.25. The molecule has 2 rings (SSSR count). The molecule has 3 nitrogen and oxygen atoms in total. The normalized spacial score (nSPS) is 11.1. The topological polar surface area (TPSA) is 43.8 Å². The second kappa shape index (κ2) is 4.41. The van der Waals surface area contributed by atoms with Crippen molar-refractivity contribution in [3.8, 4) is 11.1 Å². The number of hydrogen-bond acceptors (Lipinski definition) is 2. The van der Waals surface area contributed by atoms with Crippen molar-refractivity contribution in [1.82, 2.24) is 9.78 Å². The van der Waals surface area contributed by atoms with E-state index in [-0.39, 0.29) is 0 Å². The quantitative estimate of drug-likeness (QED) is 0.886. The van der Waals surface area contributed by atoms with E-state index in [2.05, 4.69) is 25.0 Å². The Morgan fingerprint density at radius 1 is 1.29 bits per heavy atom. The number of halogens is 1. The predicted octanol–water partition coefficient (Wildman–Crippen LogP) is 3.45. The molecular weight excluding hydrogens is 234 g/mol. The molecule has 1 aromatic heterocycles. The van der Waals surface area contributed by atoms with E-state index in [1.807, 2.05) is 19.2 Å². The molecule has 0 saturated carbocycles. The fraction of sp³-hybridized carbons (Fsp3) is 0.308. The molecule has 0 aliphatic carbocycles. The lowest BCUT2D eigenvalue weighted by atomic mass is 9.94. The van der Waals surface area contributed by atoms with Crippen LogP contribution in [0.3, 0.4) is 0 Å². The molecule has 17 heavy (non-hydrogen) atoms. The van der Waals surface area contributed by atoms with Gasteiger partial charge in [-0.1, -0.05) is 31.5 Å². The summed E-state index contributed by atoms with van der Waals surface area (Å²) in [5, 5.41) is 4.89. The van der Waals surface area contributed by atoms with Crippen molar-refractivity contribution in [2.45, 2.75) is 19.8 Å². The number of anilines is 1. The number of nitrogens with zero attached hydrogens (tertiary/aromatic N) is 2. The Kier molecular flexibility index (Phi) is 3.11.